The van der Waals surface area contributed by atoms with Crippen LogP contribution in [-0.4, -0.2) is 122 Å². The number of ether oxygens (including phenoxy) is 7. The molecule has 0 bridgehead atoms. The Hall–Kier alpha value is -3.67. The smallest absolute Gasteiger partial charge is 0.329 e. The summed E-state index contributed by atoms with van der Waals surface area (Å²) in [4.78, 5) is 38.7. The second kappa shape index (κ2) is 14.9. The van der Waals surface area contributed by atoms with Gasteiger partial charge in [-0.25, -0.2) is 4.79 Å². The van der Waals surface area contributed by atoms with E-state index in [0.717, 1.165) is 0 Å². The number of aliphatic hydroxyl groups is 1. The van der Waals surface area contributed by atoms with Crippen molar-refractivity contribution in [2.24, 2.45) is 0 Å². The van der Waals surface area contributed by atoms with Crippen molar-refractivity contribution >= 4 is 17.5 Å². The monoisotopic (exact) mass is 701 g/mol. The van der Waals surface area contributed by atoms with Crippen molar-refractivity contribution in [2.75, 3.05) is 47.2 Å². The number of ketones is 2. The third kappa shape index (κ3) is 6.96. The summed E-state index contributed by atoms with van der Waals surface area (Å²) >= 11 is 0. The highest BCUT2D eigenvalue weighted by Gasteiger charge is 2.48. The third-order valence-corrected chi connectivity index (χ3v) is 9.81. The molecule has 2 aromatic rings. The Bertz CT molecular complexity index is 1630. The molecule has 15 heteroatoms. The number of carboxylic acids is 1. The molecule has 15 nitrogen and oxygen atoms in total. The number of phenolic OH excluding ortho intramolecular Hbond substituents is 2. The molecule has 5 unspecified atom stereocenters. The summed E-state index contributed by atoms with van der Waals surface area (Å²) in [7, 11) is 2.91. The molecule has 2 fully saturated rings. The Kier molecular flexibility index (Phi) is 10.8. The van der Waals surface area contributed by atoms with E-state index in [-0.39, 0.29) is 83.6 Å². The summed E-state index contributed by atoms with van der Waals surface area (Å²) in [5.41, 5.74) is -2.19. The van der Waals surface area contributed by atoms with Crippen LogP contribution in [0, 0.1) is 0 Å². The van der Waals surface area contributed by atoms with E-state index >= 15 is 0 Å². The van der Waals surface area contributed by atoms with Crippen molar-refractivity contribution in [1.82, 2.24) is 5.32 Å². The van der Waals surface area contributed by atoms with E-state index in [4.69, 9.17) is 38.3 Å². The van der Waals surface area contributed by atoms with Crippen LogP contribution in [0.25, 0.3) is 0 Å². The van der Waals surface area contributed by atoms with Gasteiger partial charge in [0.15, 0.2) is 18.4 Å². The van der Waals surface area contributed by atoms with Gasteiger partial charge in [0.2, 0.25) is 5.78 Å². The zero-order chi connectivity index (χ0) is 35.7. The fourth-order valence-electron chi connectivity index (χ4n) is 7.55. The van der Waals surface area contributed by atoms with Crippen LogP contribution >= 0.6 is 0 Å². The molecule has 0 saturated carbocycles. The minimum atomic E-state index is -1.55. The number of benzene rings is 2. The van der Waals surface area contributed by atoms with Crippen molar-refractivity contribution in [1.29, 1.82) is 0 Å². The van der Waals surface area contributed by atoms with E-state index in [1.807, 2.05) is 6.92 Å². The predicted octanol–water partition coefficient (Wildman–Crippen LogP) is 1.98. The van der Waals surface area contributed by atoms with Crippen LogP contribution in [0.3, 0.4) is 0 Å². The number of phenols is 2. The highest BCUT2D eigenvalue weighted by Crippen LogP contribution is 2.53. The number of aromatic hydroxyl groups is 2. The molecule has 272 valence electrons. The largest absolute Gasteiger partial charge is 0.507 e. The van der Waals surface area contributed by atoms with Crippen molar-refractivity contribution in [3.05, 3.63) is 51.6 Å². The van der Waals surface area contributed by atoms with E-state index < -0.39 is 66.0 Å². The molecule has 6 rings (SSSR count). The van der Waals surface area contributed by atoms with Crippen LogP contribution in [0.4, 0.5) is 0 Å². The Balaban J connectivity index is 1.36. The van der Waals surface area contributed by atoms with Gasteiger partial charge in [-0.3, -0.25) is 9.59 Å². The lowest BCUT2D eigenvalue weighted by Crippen LogP contribution is -2.56. The number of rotatable bonds is 10. The van der Waals surface area contributed by atoms with E-state index in [0.29, 0.717) is 26.2 Å². The lowest BCUT2D eigenvalue weighted by Gasteiger charge is -2.44. The minimum absolute atomic E-state index is 0.0101. The first kappa shape index (κ1) is 36.1. The molecule has 2 heterocycles. The Morgan fingerprint density at radius 2 is 1.80 bits per heavy atom. The van der Waals surface area contributed by atoms with Gasteiger partial charge < -0.3 is 58.9 Å². The maximum Gasteiger partial charge on any atom is 0.329 e. The number of carbonyl (C=O) groups excluding carboxylic acids is 2. The van der Waals surface area contributed by atoms with Crippen molar-refractivity contribution in [3.63, 3.8) is 0 Å². The van der Waals surface area contributed by atoms with Gasteiger partial charge in [-0.2, -0.15) is 0 Å². The number of aliphatic carboxylic acids is 1. The molecule has 5 N–H and O–H groups in total. The highest BCUT2D eigenvalue weighted by molar-refractivity contribution is 6.31. The summed E-state index contributed by atoms with van der Waals surface area (Å²) in [5.74, 6) is -3.45. The second-order valence-corrected chi connectivity index (χ2v) is 13.1. The summed E-state index contributed by atoms with van der Waals surface area (Å²) < 4.78 is 40.5. The first-order valence-electron chi connectivity index (χ1n) is 16.7. The third-order valence-electron chi connectivity index (χ3n) is 9.81. The van der Waals surface area contributed by atoms with Crippen LogP contribution in [0.2, 0.25) is 0 Å². The zero-order valence-electron chi connectivity index (χ0n) is 28.1. The maximum absolute atomic E-state index is 14.0. The molecule has 2 saturated heterocycles. The molecule has 4 aliphatic rings. The number of hydrogen-bond acceptors (Lipinski definition) is 14. The van der Waals surface area contributed by atoms with Crippen molar-refractivity contribution in [2.45, 2.75) is 81.6 Å². The summed E-state index contributed by atoms with van der Waals surface area (Å²) in [5, 5.41) is 47.9. The average molecular weight is 702 g/mol. The van der Waals surface area contributed by atoms with Crippen LogP contribution in [-0.2, 0) is 39.6 Å². The number of fused-ring (bicyclic) bond motifs is 4. The molecule has 2 aromatic carbocycles. The fourth-order valence-corrected chi connectivity index (χ4v) is 7.55. The lowest BCUT2D eigenvalue weighted by atomic mass is 9.72. The second-order valence-electron chi connectivity index (χ2n) is 13.1. The quantitative estimate of drug-likeness (QED) is 0.151. The Morgan fingerprint density at radius 1 is 1.04 bits per heavy atom. The summed E-state index contributed by atoms with van der Waals surface area (Å²) in [6, 6.07) is 4.27. The Labute approximate surface area is 288 Å². The first-order valence-corrected chi connectivity index (χ1v) is 16.7. The molecule has 0 amide bonds. The van der Waals surface area contributed by atoms with Gasteiger partial charge in [0.25, 0.3) is 0 Å². The molecule has 50 heavy (non-hydrogen) atoms. The molecule has 0 aromatic heterocycles. The zero-order valence-corrected chi connectivity index (χ0v) is 28.1. The van der Waals surface area contributed by atoms with Crippen LogP contribution < -0.4 is 10.1 Å². The number of methoxy groups -OCH3 is 2. The minimum Gasteiger partial charge on any atom is -0.507 e. The molecule has 0 spiro atoms. The van der Waals surface area contributed by atoms with Gasteiger partial charge in [-0.05, 0) is 25.8 Å². The van der Waals surface area contributed by atoms with Gasteiger partial charge in [0.1, 0.15) is 23.9 Å². The number of hydrogen-bond donors (Lipinski definition) is 5. The summed E-state index contributed by atoms with van der Waals surface area (Å²) in [6.07, 6.45) is -2.91. The SMILES string of the molecule is COc1cccc2c1C(=O)c1c(O)c3c(c(O)c1C2=O)C[C@@](O)(CCCOCC(=O)O)CC3O[C@H]1CC2NCC(OC)OCCOC2C(C)O1. The number of carbonyl (C=O) groups is 3. The number of nitrogens with one attached hydrogen (secondary N) is 1. The Morgan fingerprint density at radius 3 is 2.54 bits per heavy atom. The predicted molar refractivity (Wildman–Crippen MR) is 172 cm³/mol. The van der Waals surface area contributed by atoms with E-state index in [2.05, 4.69) is 5.32 Å². The van der Waals surface area contributed by atoms with Gasteiger partial charge in [-0.15, -0.1) is 0 Å². The van der Waals surface area contributed by atoms with Crippen LogP contribution in [0.15, 0.2) is 18.2 Å². The molecule has 2 aliphatic carbocycles. The van der Waals surface area contributed by atoms with Crippen molar-refractivity contribution < 1.29 is 68.0 Å². The lowest BCUT2D eigenvalue weighted by molar-refractivity contribution is -0.256. The normalized spacial score (nSPS) is 29.4. The summed E-state index contributed by atoms with van der Waals surface area (Å²) in [6.45, 7) is 2.42. The molecular weight excluding hydrogens is 658 g/mol. The first-order chi connectivity index (χ1) is 24.0. The molecule has 7 atom stereocenters. The molecule has 0 radical (unpaired) electrons. The maximum atomic E-state index is 14.0. The van der Waals surface area contributed by atoms with E-state index in [1.165, 1.54) is 19.2 Å². The van der Waals surface area contributed by atoms with Gasteiger partial charge >= 0.3 is 5.97 Å². The fraction of sp³-hybridized carbons (Fsp3) is 0.571. The highest BCUT2D eigenvalue weighted by atomic mass is 16.7. The molecule has 2 aliphatic heterocycles. The van der Waals surface area contributed by atoms with E-state index in [9.17, 15) is 29.7 Å². The topological polar surface area (TPSA) is 209 Å². The van der Waals surface area contributed by atoms with Gasteiger partial charge in [0, 0.05) is 62.3 Å². The van der Waals surface area contributed by atoms with Gasteiger partial charge in [0.05, 0.1) is 60.9 Å². The van der Waals surface area contributed by atoms with E-state index in [1.54, 1.807) is 13.2 Å². The van der Waals surface area contributed by atoms with Gasteiger partial charge in [-0.1, -0.05) is 12.1 Å². The molecular formula is C35H43NO14. The van der Waals surface area contributed by atoms with Crippen LogP contribution in [0.5, 0.6) is 17.2 Å². The number of carboxylic acid groups (broad SMARTS) is 1. The van der Waals surface area contributed by atoms with Crippen molar-refractivity contribution in [3.8, 4) is 17.2 Å². The average Bonchev–Trinajstić information content (AvgIpc) is 3.18. The standard InChI is InChI=1S/C35H43NO14/c1-17-34-20(36-15-25(45-3)47-10-11-48-34)12-24(49-17)50-22-14-35(43,8-5-9-46-16-23(37)38)13-19-27(22)33(42)29-28(31(19)40)30(39)18-6-4-7-21(44-2)26(18)32(29)41/h4,6-7,17,20,22,24-25,34,36,40,42-43H,5,8-16H2,1-3H3,(H,37,38)/t17?,20?,22?,24-,25?,34?,35-/m0/s1. The van der Waals surface area contributed by atoms with Crippen LogP contribution in [0.1, 0.15) is 81.7 Å².